The van der Waals surface area contributed by atoms with Gasteiger partial charge in [0.1, 0.15) is 14.1 Å². The van der Waals surface area contributed by atoms with Crippen molar-refractivity contribution in [1.82, 2.24) is 0 Å². The van der Waals surface area contributed by atoms with E-state index in [1.165, 1.54) is 24.7 Å². The summed E-state index contributed by atoms with van der Waals surface area (Å²) >= 11 is 0. The first kappa shape index (κ1) is 18.7. The van der Waals surface area contributed by atoms with Crippen molar-refractivity contribution < 1.29 is 28.5 Å². The Morgan fingerprint density at radius 1 is 0.957 bits per heavy atom. The number of hydrogen-bond acceptors (Lipinski definition) is 0. The van der Waals surface area contributed by atoms with Crippen molar-refractivity contribution in [3.63, 3.8) is 0 Å². The van der Waals surface area contributed by atoms with Gasteiger partial charge in [-0.25, -0.2) is 0 Å². The van der Waals surface area contributed by atoms with E-state index in [4.69, 9.17) is 0 Å². The zero-order valence-corrected chi connectivity index (χ0v) is 17.9. The Kier molecular flexibility index (Phi) is 5.75. The number of benzene rings is 2. The molecule has 3 rings (SSSR count). The number of quaternary nitrogens is 1. The Balaban J connectivity index is 0.00000192. The summed E-state index contributed by atoms with van der Waals surface area (Å²) in [5.41, 5.74) is 4.55. The van der Waals surface area contributed by atoms with Gasteiger partial charge < -0.3 is 28.5 Å². The molecule has 0 aliphatic carbocycles. The van der Waals surface area contributed by atoms with E-state index in [-0.39, 0.29) is 24.0 Å². The maximum atomic E-state index is 2.50. The van der Waals surface area contributed by atoms with Gasteiger partial charge in [-0.2, -0.15) is 0 Å². The molecular weight excluding hydrogens is 409 g/mol. The molecule has 1 aliphatic rings. The van der Waals surface area contributed by atoms with Gasteiger partial charge in [-0.05, 0) is 5.56 Å². The van der Waals surface area contributed by atoms with E-state index in [0.29, 0.717) is 6.04 Å². The topological polar surface area (TPSA) is 0 Å². The number of halogens is 1. The first-order valence-corrected chi connectivity index (χ1v) is 12.1. The predicted molar refractivity (Wildman–Crippen MR) is 97.7 cm³/mol. The summed E-state index contributed by atoms with van der Waals surface area (Å²) < 4.78 is 1.16. The third-order valence-corrected chi connectivity index (χ3v) is 6.49. The molecule has 1 nitrogen and oxygen atoms in total. The molecule has 0 fully saturated rings. The fraction of sp³-hybridized carbons (Fsp3) is 0.400. The molecule has 0 radical (unpaired) electrons. The van der Waals surface area contributed by atoms with Crippen LogP contribution in [-0.2, 0) is 6.42 Å². The molecule has 0 N–H and O–H groups in total. The van der Waals surface area contributed by atoms with Crippen LogP contribution in [0.3, 0.4) is 0 Å². The highest BCUT2D eigenvalue weighted by Crippen LogP contribution is 2.40. The van der Waals surface area contributed by atoms with E-state index in [1.54, 1.807) is 11.1 Å². The van der Waals surface area contributed by atoms with Gasteiger partial charge in [-0.1, -0.05) is 74.2 Å². The molecule has 0 amide bonds. The molecule has 1 heterocycles. The molecule has 3 heteroatoms. The zero-order valence-electron chi connectivity index (χ0n) is 14.7. The van der Waals surface area contributed by atoms with Crippen LogP contribution in [0.4, 0.5) is 0 Å². The lowest BCUT2D eigenvalue weighted by atomic mass is 9.87. The molecule has 0 bridgehead atoms. The van der Waals surface area contributed by atoms with Crippen molar-refractivity contribution >= 4 is 8.07 Å². The van der Waals surface area contributed by atoms with Crippen molar-refractivity contribution in [2.24, 2.45) is 0 Å². The molecule has 2 aromatic carbocycles. The first-order valence-electron chi connectivity index (χ1n) is 8.36. The van der Waals surface area contributed by atoms with Crippen LogP contribution in [0.25, 0.3) is 0 Å². The normalized spacial score (nSPS) is 23.7. The van der Waals surface area contributed by atoms with Crippen molar-refractivity contribution in [2.75, 3.05) is 19.8 Å². The Labute approximate surface area is 159 Å². The SMILES string of the molecule is C[N@@+]1(C[Si](C)(C)C)CCc2ccccc2[C@@H]1c1ccccc1.[I-]. The van der Waals surface area contributed by atoms with Gasteiger partial charge in [0.05, 0.1) is 19.8 Å². The summed E-state index contributed by atoms with van der Waals surface area (Å²) in [7, 11) is 1.34. The lowest BCUT2D eigenvalue weighted by Crippen LogP contribution is -3.00. The first-order chi connectivity index (χ1) is 10.4. The van der Waals surface area contributed by atoms with Crippen LogP contribution in [0, 0.1) is 0 Å². The number of likely N-dealkylation sites (N-methyl/N-ethyl adjacent to an activating group) is 1. The van der Waals surface area contributed by atoms with Gasteiger partial charge >= 0.3 is 0 Å². The number of hydrogen-bond donors (Lipinski definition) is 0. The Morgan fingerprint density at radius 3 is 2.22 bits per heavy atom. The smallest absolute Gasteiger partial charge is 0.140 e. The van der Waals surface area contributed by atoms with Crippen LogP contribution < -0.4 is 24.0 Å². The molecule has 0 aromatic heterocycles. The van der Waals surface area contributed by atoms with E-state index >= 15 is 0 Å². The molecule has 0 unspecified atom stereocenters. The van der Waals surface area contributed by atoms with Crippen LogP contribution in [0.2, 0.25) is 19.6 Å². The van der Waals surface area contributed by atoms with Crippen LogP contribution in [-0.4, -0.2) is 32.3 Å². The zero-order chi connectivity index (χ0) is 15.8. The third kappa shape index (κ3) is 4.06. The lowest BCUT2D eigenvalue weighted by Gasteiger charge is -2.48. The fourth-order valence-corrected chi connectivity index (χ4v) is 6.81. The molecule has 124 valence electrons. The van der Waals surface area contributed by atoms with Crippen molar-refractivity contribution in [1.29, 1.82) is 0 Å². The summed E-state index contributed by atoms with van der Waals surface area (Å²) in [6.45, 7) is 8.75. The van der Waals surface area contributed by atoms with Gasteiger partial charge in [0.2, 0.25) is 0 Å². The molecule has 2 aromatic rings. The monoisotopic (exact) mass is 437 g/mol. The van der Waals surface area contributed by atoms with Gasteiger partial charge in [0, 0.05) is 17.5 Å². The molecule has 1 aliphatic heterocycles. The quantitative estimate of drug-likeness (QED) is 0.389. The summed E-state index contributed by atoms with van der Waals surface area (Å²) in [5.74, 6) is 0. The van der Waals surface area contributed by atoms with Gasteiger partial charge in [0.15, 0.2) is 0 Å². The minimum Gasteiger partial charge on any atom is -1.00 e. The average Bonchev–Trinajstić information content (AvgIpc) is 2.46. The molecule has 0 spiro atoms. The van der Waals surface area contributed by atoms with Crippen LogP contribution in [0.15, 0.2) is 54.6 Å². The van der Waals surface area contributed by atoms with E-state index in [0.717, 1.165) is 4.48 Å². The largest absolute Gasteiger partial charge is 1.00 e. The van der Waals surface area contributed by atoms with E-state index < -0.39 is 8.07 Å². The Hall–Kier alpha value is -0.653. The highest BCUT2D eigenvalue weighted by Gasteiger charge is 2.42. The van der Waals surface area contributed by atoms with E-state index in [9.17, 15) is 0 Å². The van der Waals surface area contributed by atoms with Gasteiger partial charge in [-0.3, -0.25) is 0 Å². The minimum absolute atomic E-state index is 0. The standard InChI is InChI=1S/C20H28NSi.HI/c1-21(16-22(2,3)4)15-14-17-10-8-9-13-19(17)20(21)18-11-6-5-7-12-18;/h5-13,20H,14-16H2,1-4H3;1H/q+1;/p-1/t20-,21-;/m0./s1. The van der Waals surface area contributed by atoms with Crippen LogP contribution in [0.5, 0.6) is 0 Å². The molecule has 2 atom stereocenters. The second-order valence-electron chi connectivity index (χ2n) is 8.18. The average molecular weight is 437 g/mol. The Morgan fingerprint density at radius 2 is 1.57 bits per heavy atom. The van der Waals surface area contributed by atoms with Gasteiger partial charge in [-0.15, -0.1) is 0 Å². The second-order valence-corrected chi connectivity index (χ2v) is 13.6. The van der Waals surface area contributed by atoms with E-state index in [2.05, 4.69) is 81.3 Å². The molecule has 0 saturated heterocycles. The summed E-state index contributed by atoms with van der Waals surface area (Å²) in [5, 5.41) is 0. The lowest BCUT2D eigenvalue weighted by molar-refractivity contribution is -0.926. The van der Waals surface area contributed by atoms with Crippen molar-refractivity contribution in [3.8, 4) is 0 Å². The predicted octanol–water partition coefficient (Wildman–Crippen LogP) is 1.66. The fourth-order valence-electron chi connectivity index (χ4n) is 4.30. The maximum absolute atomic E-state index is 2.50. The highest BCUT2D eigenvalue weighted by atomic mass is 127. The summed E-state index contributed by atoms with van der Waals surface area (Å²) in [6, 6.07) is 20.7. The molecule has 0 saturated carbocycles. The Bertz CT molecular complexity index is 650. The summed E-state index contributed by atoms with van der Waals surface area (Å²) in [6.07, 6.45) is 2.54. The number of rotatable bonds is 3. The summed E-state index contributed by atoms with van der Waals surface area (Å²) in [4.78, 5) is 0. The van der Waals surface area contributed by atoms with Crippen molar-refractivity contribution in [2.45, 2.75) is 32.1 Å². The van der Waals surface area contributed by atoms with E-state index in [1.807, 2.05) is 0 Å². The highest BCUT2D eigenvalue weighted by molar-refractivity contribution is 6.76. The third-order valence-electron chi connectivity index (χ3n) is 4.82. The number of nitrogens with zero attached hydrogens (tertiary/aromatic N) is 1. The molecular formula is C20H28INSi. The molecule has 23 heavy (non-hydrogen) atoms. The van der Waals surface area contributed by atoms with Crippen LogP contribution in [0.1, 0.15) is 22.7 Å². The second kappa shape index (κ2) is 7.07. The van der Waals surface area contributed by atoms with Crippen molar-refractivity contribution in [3.05, 3.63) is 71.3 Å². The number of fused-ring (bicyclic) bond motifs is 1. The maximum Gasteiger partial charge on any atom is 0.140 e. The van der Waals surface area contributed by atoms with Crippen LogP contribution >= 0.6 is 0 Å². The van der Waals surface area contributed by atoms with Gasteiger partial charge in [0.25, 0.3) is 0 Å². The minimum atomic E-state index is -1.14.